The molecule has 0 aromatic rings. The average Bonchev–Trinajstić information content (AvgIpc) is 2.28. The van der Waals surface area contributed by atoms with Crippen molar-refractivity contribution in [2.24, 2.45) is 0 Å². The molecular weight excluding hydrogens is 160 g/mol. The summed E-state index contributed by atoms with van der Waals surface area (Å²) in [5.74, 6) is 0.949. The van der Waals surface area contributed by atoms with Crippen molar-refractivity contribution in [2.75, 3.05) is 12.9 Å². The fraction of sp³-hybridized carbons (Fsp3) is 0.857. The van der Waals surface area contributed by atoms with E-state index in [2.05, 4.69) is 24.5 Å². The van der Waals surface area contributed by atoms with Gasteiger partial charge in [-0.2, -0.15) is 0 Å². The fourth-order valence-corrected chi connectivity index (χ4v) is 2.17. The van der Waals surface area contributed by atoms with E-state index in [1.807, 2.05) is 0 Å². The quantitative estimate of drug-likeness (QED) is 0.595. The minimum absolute atomic E-state index is 0.0279. The molecule has 1 aliphatic heterocycles. The van der Waals surface area contributed by atoms with E-state index in [-0.39, 0.29) is 16.7 Å². The van der Waals surface area contributed by atoms with Gasteiger partial charge in [-0.1, -0.05) is 0 Å². The third-order valence-corrected chi connectivity index (χ3v) is 3.23. The van der Waals surface area contributed by atoms with Crippen molar-refractivity contribution in [1.82, 2.24) is 10.6 Å². The Balaban J connectivity index is 2.64. The molecule has 1 heterocycles. The molecule has 0 radical (unpaired) electrons. The minimum Gasteiger partial charge on any atom is -0.358 e. The first kappa shape index (κ1) is 8.87. The molecule has 0 saturated carbocycles. The molecule has 0 aromatic carbocycles. The van der Waals surface area contributed by atoms with Crippen LogP contribution in [0, 0.1) is 0 Å². The number of amides is 1. The molecule has 2 N–H and O–H groups in total. The molecule has 4 heteroatoms. The highest BCUT2D eigenvalue weighted by Crippen LogP contribution is 2.32. The second-order valence-electron chi connectivity index (χ2n) is 3.14. The predicted molar refractivity (Wildman–Crippen MR) is 47.5 cm³/mol. The monoisotopic (exact) mass is 174 g/mol. The van der Waals surface area contributed by atoms with Crippen LogP contribution in [0.15, 0.2) is 0 Å². The van der Waals surface area contributed by atoms with Gasteiger partial charge >= 0.3 is 0 Å². The normalized spacial score (nSPS) is 28.5. The summed E-state index contributed by atoms with van der Waals surface area (Å²) in [5, 5.41) is 5.80. The molecule has 0 aliphatic carbocycles. The molecule has 0 bridgehead atoms. The molecule has 3 nitrogen and oxygen atoms in total. The van der Waals surface area contributed by atoms with Gasteiger partial charge in [-0.3, -0.25) is 10.1 Å². The molecule has 64 valence electrons. The Hall–Kier alpha value is -0.220. The molecule has 1 amide bonds. The molecule has 1 aliphatic rings. The Bertz CT molecular complexity index is 170. The van der Waals surface area contributed by atoms with Gasteiger partial charge < -0.3 is 5.32 Å². The van der Waals surface area contributed by atoms with Gasteiger partial charge in [0.2, 0.25) is 5.91 Å². The first-order valence-corrected chi connectivity index (χ1v) is 4.65. The fourth-order valence-electron chi connectivity index (χ4n) is 1.19. The lowest BCUT2D eigenvalue weighted by atomic mass is 10.0. The van der Waals surface area contributed by atoms with Crippen molar-refractivity contribution >= 4 is 17.7 Å². The lowest BCUT2D eigenvalue weighted by Gasteiger charge is -2.23. The first-order valence-electron chi connectivity index (χ1n) is 3.67. The summed E-state index contributed by atoms with van der Waals surface area (Å²) in [5.41, 5.74) is 0. The third-order valence-electron chi connectivity index (χ3n) is 1.94. The summed E-state index contributed by atoms with van der Waals surface area (Å²) in [4.78, 5) is 11.2. The molecule has 1 atom stereocenters. The Morgan fingerprint density at radius 3 is 2.73 bits per heavy atom. The van der Waals surface area contributed by atoms with Crippen LogP contribution >= 0.6 is 11.8 Å². The van der Waals surface area contributed by atoms with E-state index in [9.17, 15) is 4.79 Å². The number of nitrogens with one attached hydrogen (secondary N) is 2. The molecule has 1 saturated heterocycles. The third kappa shape index (κ3) is 1.68. The van der Waals surface area contributed by atoms with Crippen molar-refractivity contribution in [1.29, 1.82) is 0 Å². The van der Waals surface area contributed by atoms with Gasteiger partial charge in [-0.05, 0) is 13.8 Å². The SMILES string of the molecule is CNC(=O)[C@H]1NCSC1(C)C. The van der Waals surface area contributed by atoms with Gasteiger partial charge in [0, 0.05) is 17.7 Å². The molecule has 1 fully saturated rings. The van der Waals surface area contributed by atoms with E-state index < -0.39 is 0 Å². The van der Waals surface area contributed by atoms with Gasteiger partial charge in [0.25, 0.3) is 0 Å². The van der Waals surface area contributed by atoms with Crippen molar-refractivity contribution in [3.63, 3.8) is 0 Å². The zero-order chi connectivity index (χ0) is 8.48. The maximum Gasteiger partial charge on any atom is 0.238 e. The second-order valence-corrected chi connectivity index (χ2v) is 4.77. The summed E-state index contributed by atoms with van der Waals surface area (Å²) in [6.07, 6.45) is 0. The van der Waals surface area contributed by atoms with Gasteiger partial charge in [0.15, 0.2) is 0 Å². The Kier molecular flexibility index (Phi) is 2.44. The number of hydrogen-bond acceptors (Lipinski definition) is 3. The summed E-state index contributed by atoms with van der Waals surface area (Å²) in [6.45, 7) is 4.16. The number of likely N-dealkylation sites (N-methyl/N-ethyl adjacent to an activating group) is 1. The standard InChI is InChI=1S/C7H14N2OS/c1-7(2)5(6(10)8-3)9-4-11-7/h5,9H,4H2,1-3H3,(H,8,10)/t5-/m1/s1. The Morgan fingerprint density at radius 1 is 1.73 bits per heavy atom. The van der Waals surface area contributed by atoms with Crippen molar-refractivity contribution in [2.45, 2.75) is 24.6 Å². The van der Waals surface area contributed by atoms with Gasteiger partial charge in [-0.15, -0.1) is 11.8 Å². The Morgan fingerprint density at radius 2 is 2.36 bits per heavy atom. The molecular formula is C7H14N2OS. The number of carbonyl (C=O) groups is 1. The number of carbonyl (C=O) groups excluding carboxylic acids is 1. The lowest BCUT2D eigenvalue weighted by molar-refractivity contribution is -0.122. The maximum atomic E-state index is 11.2. The average molecular weight is 174 g/mol. The van der Waals surface area contributed by atoms with E-state index >= 15 is 0 Å². The van der Waals surface area contributed by atoms with Crippen LogP contribution < -0.4 is 10.6 Å². The van der Waals surface area contributed by atoms with Crippen molar-refractivity contribution in [3.05, 3.63) is 0 Å². The van der Waals surface area contributed by atoms with Crippen LogP contribution in [-0.2, 0) is 4.79 Å². The van der Waals surface area contributed by atoms with Gasteiger partial charge in [0.1, 0.15) is 6.04 Å². The zero-order valence-corrected chi connectivity index (χ0v) is 7.92. The first-order chi connectivity index (χ1) is 5.08. The predicted octanol–water partition coefficient (Wildman–Crippen LogP) is 0.173. The largest absolute Gasteiger partial charge is 0.358 e. The summed E-state index contributed by atoms with van der Waals surface area (Å²) in [7, 11) is 1.67. The van der Waals surface area contributed by atoms with Gasteiger partial charge in [-0.25, -0.2) is 0 Å². The number of hydrogen-bond donors (Lipinski definition) is 2. The van der Waals surface area contributed by atoms with Crippen LogP contribution in [0.3, 0.4) is 0 Å². The molecule has 1 rings (SSSR count). The topological polar surface area (TPSA) is 41.1 Å². The van der Waals surface area contributed by atoms with E-state index in [0.29, 0.717) is 0 Å². The summed E-state index contributed by atoms with van der Waals surface area (Å²) < 4.78 is 0.0279. The lowest BCUT2D eigenvalue weighted by Crippen LogP contribution is -2.48. The van der Waals surface area contributed by atoms with E-state index in [1.165, 1.54) is 0 Å². The summed E-state index contributed by atoms with van der Waals surface area (Å²) >= 11 is 1.78. The van der Waals surface area contributed by atoms with Crippen LogP contribution in [0.5, 0.6) is 0 Å². The zero-order valence-electron chi connectivity index (χ0n) is 7.10. The Labute approximate surface area is 71.3 Å². The number of rotatable bonds is 1. The molecule has 0 aromatic heterocycles. The second kappa shape index (κ2) is 3.03. The minimum atomic E-state index is -0.0440. The van der Waals surface area contributed by atoms with Crippen molar-refractivity contribution in [3.8, 4) is 0 Å². The maximum absolute atomic E-state index is 11.2. The van der Waals surface area contributed by atoms with E-state index in [1.54, 1.807) is 18.8 Å². The molecule has 11 heavy (non-hydrogen) atoms. The smallest absolute Gasteiger partial charge is 0.238 e. The van der Waals surface area contributed by atoms with E-state index in [4.69, 9.17) is 0 Å². The van der Waals surface area contributed by atoms with Crippen LogP contribution in [-0.4, -0.2) is 29.6 Å². The van der Waals surface area contributed by atoms with Crippen LogP contribution in [0.25, 0.3) is 0 Å². The van der Waals surface area contributed by atoms with Crippen molar-refractivity contribution < 1.29 is 4.79 Å². The highest BCUT2D eigenvalue weighted by molar-refractivity contribution is 8.00. The van der Waals surface area contributed by atoms with Gasteiger partial charge in [0.05, 0.1) is 0 Å². The molecule has 0 unspecified atom stereocenters. The highest BCUT2D eigenvalue weighted by atomic mass is 32.2. The number of thioether (sulfide) groups is 1. The highest BCUT2D eigenvalue weighted by Gasteiger charge is 2.39. The van der Waals surface area contributed by atoms with E-state index in [0.717, 1.165) is 5.88 Å². The van der Waals surface area contributed by atoms with Crippen LogP contribution in [0.4, 0.5) is 0 Å². The molecule has 0 spiro atoms. The summed E-state index contributed by atoms with van der Waals surface area (Å²) in [6, 6.07) is -0.0440. The van der Waals surface area contributed by atoms with Crippen LogP contribution in [0.1, 0.15) is 13.8 Å². The van der Waals surface area contributed by atoms with Crippen LogP contribution in [0.2, 0.25) is 0 Å².